The Kier molecular flexibility index (Phi) is 4.94. The van der Waals surface area contributed by atoms with Crippen LogP contribution in [0, 0.1) is 0 Å². The predicted octanol–water partition coefficient (Wildman–Crippen LogP) is 3.83. The first-order valence-corrected chi connectivity index (χ1v) is 9.86. The molecule has 1 amide bonds. The maximum absolute atomic E-state index is 13.3. The summed E-state index contributed by atoms with van der Waals surface area (Å²) in [7, 11) is 0. The molecule has 2 aromatic rings. The second-order valence-electron chi connectivity index (χ2n) is 7.01. The quantitative estimate of drug-likeness (QED) is 0.841. The molecule has 0 unspecified atom stereocenters. The van der Waals surface area contributed by atoms with Crippen LogP contribution in [0.2, 0.25) is 0 Å². The number of halogens is 3. The maximum atomic E-state index is 13.3. The summed E-state index contributed by atoms with van der Waals surface area (Å²) in [5.74, 6) is -0.281. The molecule has 0 saturated carbocycles. The molecule has 4 rings (SSSR count). The minimum absolute atomic E-state index is 0.0984. The molecule has 144 valence electrons. The molecule has 1 N–H and O–H groups in total. The molecule has 8 heteroatoms. The number of benzene rings is 1. The third-order valence-corrected chi connectivity index (χ3v) is 6.34. The van der Waals surface area contributed by atoms with Gasteiger partial charge in [0.1, 0.15) is 5.69 Å². The molecule has 1 saturated heterocycles. The number of alkyl halides is 3. The predicted molar refractivity (Wildman–Crippen MR) is 96.8 cm³/mol. The molecule has 0 aliphatic carbocycles. The van der Waals surface area contributed by atoms with Gasteiger partial charge < -0.3 is 10.2 Å². The van der Waals surface area contributed by atoms with Crippen LogP contribution in [0.15, 0.2) is 24.3 Å². The van der Waals surface area contributed by atoms with Gasteiger partial charge >= 0.3 is 6.18 Å². The largest absolute Gasteiger partial charge is 0.416 e. The van der Waals surface area contributed by atoms with Crippen LogP contribution in [0.1, 0.15) is 50.8 Å². The SMILES string of the molecule is O=C(c1nsc2c1CNCC2)N1CCC(c2ccccc2C(F)(F)F)CC1. The summed E-state index contributed by atoms with van der Waals surface area (Å²) in [6, 6.07) is 5.77. The first kappa shape index (κ1) is 18.4. The first-order chi connectivity index (χ1) is 12.9. The van der Waals surface area contributed by atoms with Crippen molar-refractivity contribution in [1.82, 2.24) is 14.6 Å². The van der Waals surface area contributed by atoms with Crippen LogP contribution < -0.4 is 5.32 Å². The number of carbonyl (C=O) groups excluding carboxylic acids is 1. The van der Waals surface area contributed by atoms with Gasteiger partial charge in [0.05, 0.1) is 5.56 Å². The van der Waals surface area contributed by atoms with Gasteiger partial charge in [-0.1, -0.05) is 18.2 Å². The van der Waals surface area contributed by atoms with Gasteiger partial charge in [-0.15, -0.1) is 0 Å². The highest BCUT2D eigenvalue weighted by atomic mass is 32.1. The highest BCUT2D eigenvalue weighted by Crippen LogP contribution is 2.39. The second kappa shape index (κ2) is 7.24. The summed E-state index contributed by atoms with van der Waals surface area (Å²) in [6.07, 6.45) is -2.40. The van der Waals surface area contributed by atoms with Gasteiger partial charge in [-0.2, -0.15) is 17.5 Å². The number of nitrogens with zero attached hydrogens (tertiary/aromatic N) is 2. The number of likely N-dealkylation sites (tertiary alicyclic amines) is 1. The Morgan fingerprint density at radius 2 is 1.96 bits per heavy atom. The van der Waals surface area contributed by atoms with E-state index in [-0.39, 0.29) is 11.8 Å². The van der Waals surface area contributed by atoms with Crippen molar-refractivity contribution in [1.29, 1.82) is 0 Å². The average molecular weight is 395 g/mol. The van der Waals surface area contributed by atoms with Crippen LogP contribution in [0.3, 0.4) is 0 Å². The molecule has 1 aromatic heterocycles. The number of rotatable bonds is 2. The van der Waals surface area contributed by atoms with Crippen LogP contribution in [0.4, 0.5) is 13.2 Å². The van der Waals surface area contributed by atoms with Gasteiger partial charge in [-0.25, -0.2) is 0 Å². The number of nitrogens with one attached hydrogen (secondary N) is 1. The van der Waals surface area contributed by atoms with Crippen LogP contribution >= 0.6 is 11.5 Å². The topological polar surface area (TPSA) is 45.2 Å². The lowest BCUT2D eigenvalue weighted by Gasteiger charge is -2.33. The van der Waals surface area contributed by atoms with E-state index < -0.39 is 11.7 Å². The van der Waals surface area contributed by atoms with Crippen molar-refractivity contribution in [2.24, 2.45) is 0 Å². The molecule has 2 aliphatic heterocycles. The Morgan fingerprint density at radius 3 is 2.70 bits per heavy atom. The molecule has 0 atom stereocenters. The fraction of sp³-hybridized carbons (Fsp3) is 0.474. The molecule has 27 heavy (non-hydrogen) atoms. The number of amides is 1. The second-order valence-corrected chi connectivity index (χ2v) is 7.87. The van der Waals surface area contributed by atoms with E-state index in [4.69, 9.17) is 0 Å². The standard InChI is InChI=1S/C19H20F3N3OS/c20-19(21,22)15-4-2-1-3-13(15)12-6-9-25(10-7-12)18(26)17-14-11-23-8-5-16(14)27-24-17/h1-4,12,23H,5-11H2. The van der Waals surface area contributed by atoms with Crippen molar-refractivity contribution >= 4 is 17.4 Å². The number of carbonyl (C=O) groups is 1. The fourth-order valence-corrected chi connectivity index (χ4v) is 4.82. The summed E-state index contributed by atoms with van der Waals surface area (Å²) in [5, 5.41) is 3.26. The Hall–Kier alpha value is -1.93. The summed E-state index contributed by atoms with van der Waals surface area (Å²) in [5.41, 5.74) is 1.28. The van der Waals surface area contributed by atoms with Gasteiger partial charge in [0.2, 0.25) is 0 Å². The van der Waals surface area contributed by atoms with E-state index in [0.29, 0.717) is 43.7 Å². The molecule has 0 spiro atoms. The average Bonchev–Trinajstić information content (AvgIpc) is 3.11. The fourth-order valence-electron chi connectivity index (χ4n) is 3.96. The Labute approximate surface area is 159 Å². The van der Waals surface area contributed by atoms with Crippen LogP contribution in [-0.4, -0.2) is 34.8 Å². The van der Waals surface area contributed by atoms with E-state index in [1.54, 1.807) is 17.0 Å². The van der Waals surface area contributed by atoms with Crippen LogP contribution in [-0.2, 0) is 19.1 Å². The van der Waals surface area contributed by atoms with Gasteiger partial charge in [0.25, 0.3) is 5.91 Å². The number of piperidine rings is 1. The number of fused-ring (bicyclic) bond motifs is 1. The third kappa shape index (κ3) is 3.60. The monoisotopic (exact) mass is 395 g/mol. The van der Waals surface area contributed by atoms with Crippen molar-refractivity contribution in [3.8, 4) is 0 Å². The molecular weight excluding hydrogens is 375 g/mol. The Morgan fingerprint density at radius 1 is 1.22 bits per heavy atom. The van der Waals surface area contributed by atoms with Crippen molar-refractivity contribution in [2.45, 2.75) is 37.9 Å². The smallest absolute Gasteiger partial charge is 0.337 e. The first-order valence-electron chi connectivity index (χ1n) is 9.08. The van der Waals surface area contributed by atoms with Crippen molar-refractivity contribution < 1.29 is 18.0 Å². The van der Waals surface area contributed by atoms with E-state index in [1.807, 2.05) is 0 Å². The normalized spacial score (nSPS) is 18.4. The van der Waals surface area contributed by atoms with E-state index >= 15 is 0 Å². The maximum Gasteiger partial charge on any atom is 0.416 e. The Bertz CT molecular complexity index is 841. The van der Waals surface area contributed by atoms with Gasteiger partial charge in [-0.05, 0) is 48.3 Å². The van der Waals surface area contributed by atoms with E-state index in [1.165, 1.54) is 17.6 Å². The van der Waals surface area contributed by atoms with Crippen LogP contribution in [0.25, 0.3) is 0 Å². The highest BCUT2D eigenvalue weighted by molar-refractivity contribution is 7.06. The lowest BCUT2D eigenvalue weighted by atomic mass is 9.86. The van der Waals surface area contributed by atoms with E-state index in [0.717, 1.165) is 29.5 Å². The zero-order valence-corrected chi connectivity index (χ0v) is 15.5. The van der Waals surface area contributed by atoms with Gasteiger partial charge in [0, 0.05) is 36.6 Å². The molecule has 3 heterocycles. The zero-order valence-electron chi connectivity index (χ0n) is 14.7. The van der Waals surface area contributed by atoms with Gasteiger partial charge in [-0.3, -0.25) is 4.79 Å². The van der Waals surface area contributed by atoms with E-state index in [9.17, 15) is 18.0 Å². The number of hydrogen-bond acceptors (Lipinski definition) is 4. The zero-order chi connectivity index (χ0) is 19.0. The lowest BCUT2D eigenvalue weighted by Crippen LogP contribution is -2.39. The highest BCUT2D eigenvalue weighted by Gasteiger charge is 2.36. The van der Waals surface area contributed by atoms with Gasteiger partial charge in [0.15, 0.2) is 0 Å². The number of aromatic nitrogens is 1. The molecular formula is C19H20F3N3OS. The molecule has 1 fully saturated rings. The minimum atomic E-state index is -4.35. The Balaban J connectivity index is 1.47. The molecule has 0 radical (unpaired) electrons. The summed E-state index contributed by atoms with van der Waals surface area (Å²) < 4.78 is 44.2. The third-order valence-electron chi connectivity index (χ3n) is 5.39. The molecule has 2 aliphatic rings. The van der Waals surface area contributed by atoms with E-state index in [2.05, 4.69) is 9.69 Å². The molecule has 1 aromatic carbocycles. The molecule has 4 nitrogen and oxygen atoms in total. The summed E-state index contributed by atoms with van der Waals surface area (Å²) >= 11 is 1.38. The lowest BCUT2D eigenvalue weighted by molar-refractivity contribution is -0.138. The summed E-state index contributed by atoms with van der Waals surface area (Å²) in [6.45, 7) is 2.46. The summed E-state index contributed by atoms with van der Waals surface area (Å²) in [4.78, 5) is 15.8. The van der Waals surface area contributed by atoms with Crippen molar-refractivity contribution in [3.05, 3.63) is 51.5 Å². The molecule has 0 bridgehead atoms. The number of hydrogen-bond donors (Lipinski definition) is 1. The van der Waals surface area contributed by atoms with Crippen LogP contribution in [0.5, 0.6) is 0 Å². The minimum Gasteiger partial charge on any atom is -0.337 e. The van der Waals surface area contributed by atoms with Crippen molar-refractivity contribution in [2.75, 3.05) is 19.6 Å². The van der Waals surface area contributed by atoms with Crippen molar-refractivity contribution in [3.63, 3.8) is 0 Å².